The quantitative estimate of drug-likeness (QED) is 0.566. The normalized spacial score (nSPS) is 10.8. The Bertz CT molecular complexity index is 411. The summed E-state index contributed by atoms with van der Waals surface area (Å²) in [6, 6.07) is 6.22. The van der Waals surface area contributed by atoms with E-state index in [0.717, 1.165) is 11.1 Å². The first-order chi connectivity index (χ1) is 8.36. The van der Waals surface area contributed by atoms with Gasteiger partial charge in [-0.2, -0.15) is 0 Å². The Labute approximate surface area is 105 Å². The molecule has 0 aliphatic carbocycles. The Morgan fingerprint density at radius 2 is 1.83 bits per heavy atom. The minimum atomic E-state index is -0.999. The van der Waals surface area contributed by atoms with Crippen molar-refractivity contribution in [1.82, 2.24) is 0 Å². The highest BCUT2D eigenvalue weighted by molar-refractivity contribution is 5.77. The minimum Gasteiger partial charge on any atom is -0.480 e. The highest BCUT2D eigenvalue weighted by atomic mass is 16.4. The van der Waals surface area contributed by atoms with Crippen molar-refractivity contribution in [2.24, 2.45) is 11.5 Å². The number of rotatable bonds is 4. The molecule has 0 heterocycles. The number of nitrogens with one attached hydrogen (secondary N) is 1. The first-order valence-corrected chi connectivity index (χ1v) is 5.20. The molecule has 6 heteroatoms. The van der Waals surface area contributed by atoms with Crippen LogP contribution in [0.15, 0.2) is 24.3 Å². The van der Waals surface area contributed by atoms with Gasteiger partial charge in [0.1, 0.15) is 6.04 Å². The van der Waals surface area contributed by atoms with Crippen LogP contribution in [0.25, 0.3) is 0 Å². The van der Waals surface area contributed by atoms with Crippen molar-refractivity contribution in [2.45, 2.75) is 19.4 Å². The second-order valence-corrected chi connectivity index (χ2v) is 3.65. The number of carboxylic acids is 1. The molecular formula is C12H17N3O3. The summed E-state index contributed by atoms with van der Waals surface area (Å²) in [7, 11) is 0. The minimum absolute atomic E-state index is 0.313. The molecule has 1 unspecified atom stereocenters. The van der Waals surface area contributed by atoms with Crippen LogP contribution in [0.1, 0.15) is 18.1 Å². The van der Waals surface area contributed by atoms with E-state index in [1.165, 1.54) is 13.1 Å². The van der Waals surface area contributed by atoms with Crippen molar-refractivity contribution in [3.63, 3.8) is 0 Å². The van der Waals surface area contributed by atoms with Crippen LogP contribution in [0.2, 0.25) is 0 Å². The first-order valence-electron chi connectivity index (χ1n) is 5.20. The van der Waals surface area contributed by atoms with E-state index in [1.807, 2.05) is 0 Å². The molecule has 0 aliphatic heterocycles. The van der Waals surface area contributed by atoms with Crippen LogP contribution in [0.4, 0.5) is 0 Å². The van der Waals surface area contributed by atoms with E-state index >= 15 is 0 Å². The molecule has 18 heavy (non-hydrogen) atoms. The monoisotopic (exact) mass is 251 g/mol. The third-order valence-corrected chi connectivity index (χ3v) is 1.92. The third-order valence-electron chi connectivity index (χ3n) is 1.92. The predicted molar refractivity (Wildman–Crippen MR) is 68.5 cm³/mol. The standard InChI is InChI=1S/C10H12N2O2.C2H5NO/c11-6-8-3-1-7(2-4-8)5-9(12)10(13)14;1-2(3)4/h1-4,6,9,11H,5,12H2,(H,13,14);1H3,(H2,3,4). The van der Waals surface area contributed by atoms with Crippen LogP contribution in [0.5, 0.6) is 0 Å². The number of aliphatic carboxylic acids is 1. The fourth-order valence-electron chi connectivity index (χ4n) is 1.09. The summed E-state index contributed by atoms with van der Waals surface area (Å²) in [6.07, 6.45) is 1.55. The Hall–Kier alpha value is -2.21. The van der Waals surface area contributed by atoms with Gasteiger partial charge in [0.25, 0.3) is 0 Å². The lowest BCUT2D eigenvalue weighted by molar-refractivity contribution is -0.138. The zero-order valence-corrected chi connectivity index (χ0v) is 10.1. The highest BCUT2D eigenvalue weighted by Gasteiger charge is 2.11. The van der Waals surface area contributed by atoms with Gasteiger partial charge in [0.05, 0.1) is 0 Å². The molecule has 1 atom stereocenters. The molecule has 0 saturated heterocycles. The largest absolute Gasteiger partial charge is 0.480 e. The molecule has 0 aliphatic rings. The zero-order chi connectivity index (χ0) is 14.1. The topological polar surface area (TPSA) is 130 Å². The molecule has 0 fully saturated rings. The lowest BCUT2D eigenvalue weighted by atomic mass is 10.1. The van der Waals surface area contributed by atoms with Gasteiger partial charge >= 0.3 is 5.97 Å². The number of nitrogens with two attached hydrogens (primary N) is 2. The Kier molecular flexibility index (Phi) is 6.99. The molecule has 6 nitrogen and oxygen atoms in total. The lowest BCUT2D eigenvalue weighted by Crippen LogP contribution is -2.32. The summed E-state index contributed by atoms with van der Waals surface area (Å²) in [5, 5.41) is 15.6. The van der Waals surface area contributed by atoms with Crippen molar-refractivity contribution >= 4 is 18.1 Å². The van der Waals surface area contributed by atoms with Crippen molar-refractivity contribution in [1.29, 1.82) is 5.41 Å². The molecule has 1 aromatic rings. The highest BCUT2D eigenvalue weighted by Crippen LogP contribution is 2.04. The summed E-state index contributed by atoms with van der Waals surface area (Å²) < 4.78 is 0. The second kappa shape index (κ2) is 7.97. The van der Waals surface area contributed by atoms with E-state index in [0.29, 0.717) is 6.42 Å². The van der Waals surface area contributed by atoms with Crippen LogP contribution in [-0.2, 0) is 16.0 Å². The van der Waals surface area contributed by atoms with Gasteiger partial charge in [-0.05, 0) is 17.5 Å². The average molecular weight is 251 g/mol. The van der Waals surface area contributed by atoms with Gasteiger partial charge in [-0.3, -0.25) is 9.59 Å². The van der Waals surface area contributed by atoms with Crippen molar-refractivity contribution in [3.05, 3.63) is 35.4 Å². The summed E-state index contributed by atoms with van der Waals surface area (Å²) in [5.41, 5.74) is 11.5. The lowest BCUT2D eigenvalue weighted by Gasteiger charge is -2.05. The van der Waals surface area contributed by atoms with E-state index < -0.39 is 12.0 Å². The van der Waals surface area contributed by atoms with Crippen LogP contribution >= 0.6 is 0 Å². The average Bonchev–Trinajstić information content (AvgIpc) is 2.29. The Balaban J connectivity index is 0.000000631. The molecule has 0 saturated carbocycles. The molecule has 0 spiro atoms. The number of hydrogen-bond acceptors (Lipinski definition) is 4. The number of carbonyl (C=O) groups excluding carboxylic acids is 1. The summed E-state index contributed by atoms with van der Waals surface area (Å²) in [6.45, 7) is 1.31. The number of carbonyl (C=O) groups is 2. The molecule has 6 N–H and O–H groups in total. The molecule has 1 rings (SSSR count). The van der Waals surface area contributed by atoms with Gasteiger partial charge in [0.15, 0.2) is 0 Å². The summed E-state index contributed by atoms with van der Waals surface area (Å²) >= 11 is 0. The maximum Gasteiger partial charge on any atom is 0.320 e. The van der Waals surface area contributed by atoms with E-state index in [-0.39, 0.29) is 5.91 Å². The van der Waals surface area contributed by atoms with E-state index in [1.54, 1.807) is 24.3 Å². The summed E-state index contributed by atoms with van der Waals surface area (Å²) in [5.74, 6) is -1.33. The maximum atomic E-state index is 10.5. The fourth-order valence-corrected chi connectivity index (χ4v) is 1.09. The maximum absolute atomic E-state index is 10.5. The number of carboxylic acid groups (broad SMARTS) is 1. The molecule has 1 amide bonds. The van der Waals surface area contributed by atoms with Crippen molar-refractivity contribution in [2.75, 3.05) is 0 Å². The predicted octanol–water partition coefficient (Wildman–Crippen LogP) is 0.130. The number of primary amides is 1. The third kappa shape index (κ3) is 7.13. The summed E-state index contributed by atoms with van der Waals surface area (Å²) in [4.78, 5) is 19.7. The van der Waals surface area contributed by atoms with Gasteiger partial charge < -0.3 is 22.0 Å². The van der Waals surface area contributed by atoms with Crippen LogP contribution < -0.4 is 11.5 Å². The smallest absolute Gasteiger partial charge is 0.320 e. The van der Waals surface area contributed by atoms with E-state index in [4.69, 9.17) is 16.2 Å². The van der Waals surface area contributed by atoms with Gasteiger partial charge in [-0.15, -0.1) is 0 Å². The van der Waals surface area contributed by atoms with Gasteiger partial charge in [-0.25, -0.2) is 0 Å². The molecule has 0 bridgehead atoms. The van der Waals surface area contributed by atoms with Crippen molar-refractivity contribution < 1.29 is 14.7 Å². The number of benzene rings is 1. The van der Waals surface area contributed by atoms with Gasteiger partial charge in [0, 0.05) is 13.1 Å². The molecule has 0 aromatic heterocycles. The zero-order valence-electron chi connectivity index (χ0n) is 10.1. The van der Waals surface area contributed by atoms with Crippen LogP contribution in [0, 0.1) is 5.41 Å². The Morgan fingerprint density at radius 1 is 1.39 bits per heavy atom. The van der Waals surface area contributed by atoms with Crippen LogP contribution in [-0.4, -0.2) is 29.2 Å². The van der Waals surface area contributed by atoms with Crippen LogP contribution in [0.3, 0.4) is 0 Å². The number of amides is 1. The van der Waals surface area contributed by atoms with E-state index in [9.17, 15) is 9.59 Å². The fraction of sp³-hybridized carbons (Fsp3) is 0.250. The van der Waals surface area contributed by atoms with Crippen molar-refractivity contribution in [3.8, 4) is 0 Å². The Morgan fingerprint density at radius 3 is 2.17 bits per heavy atom. The first kappa shape index (κ1) is 15.8. The van der Waals surface area contributed by atoms with Gasteiger partial charge in [0.2, 0.25) is 5.91 Å². The molecule has 98 valence electrons. The second-order valence-electron chi connectivity index (χ2n) is 3.65. The van der Waals surface area contributed by atoms with Gasteiger partial charge in [-0.1, -0.05) is 24.3 Å². The molecular weight excluding hydrogens is 234 g/mol. The molecule has 1 aromatic carbocycles. The molecule has 0 radical (unpaired) electrons. The van der Waals surface area contributed by atoms with E-state index in [2.05, 4.69) is 5.73 Å². The number of hydrogen-bond donors (Lipinski definition) is 4. The SMILES string of the molecule is CC(N)=O.N=Cc1ccc(CC(N)C(=O)O)cc1.